The molecule has 0 bridgehead atoms. The summed E-state index contributed by atoms with van der Waals surface area (Å²) in [6, 6.07) is 51.5. The summed E-state index contributed by atoms with van der Waals surface area (Å²) in [6.45, 7) is 2.31. The van der Waals surface area contributed by atoms with Gasteiger partial charge in [0.25, 0.3) is 0 Å². The molecular weight excluding hydrogens is 613 g/mol. The molecular formula is C46H36N2S. The molecule has 10 rings (SSSR count). The molecule has 0 amide bonds. The first-order chi connectivity index (χ1) is 24.1. The van der Waals surface area contributed by atoms with Crippen LogP contribution in [0.25, 0.3) is 49.1 Å². The lowest BCUT2D eigenvalue weighted by Crippen LogP contribution is -2.28. The van der Waals surface area contributed by atoms with Gasteiger partial charge in [-0.15, -0.1) is 11.3 Å². The molecule has 1 unspecified atom stereocenters. The van der Waals surface area contributed by atoms with Gasteiger partial charge < -0.3 is 10.3 Å². The topological polar surface area (TPSA) is 30.9 Å². The quantitative estimate of drug-likeness (QED) is 0.198. The van der Waals surface area contributed by atoms with Crippen molar-refractivity contribution in [3.63, 3.8) is 0 Å². The van der Waals surface area contributed by atoms with Crippen molar-refractivity contribution in [2.75, 3.05) is 0 Å². The number of hydrogen-bond donors (Lipinski definition) is 1. The Morgan fingerprint density at radius 1 is 0.714 bits per heavy atom. The lowest BCUT2D eigenvalue weighted by molar-refractivity contribution is 0.552. The lowest BCUT2D eigenvalue weighted by atomic mass is 9.67. The molecule has 0 radical (unpaired) electrons. The highest BCUT2D eigenvalue weighted by Gasteiger charge is 2.47. The van der Waals surface area contributed by atoms with E-state index < -0.39 is 5.41 Å². The van der Waals surface area contributed by atoms with E-state index in [9.17, 15) is 0 Å². The monoisotopic (exact) mass is 648 g/mol. The molecule has 0 fully saturated rings. The van der Waals surface area contributed by atoms with Crippen LogP contribution >= 0.6 is 11.3 Å². The number of nitrogens with two attached hydrogens (primary N) is 1. The van der Waals surface area contributed by atoms with E-state index in [-0.39, 0.29) is 6.17 Å². The second-order valence-corrected chi connectivity index (χ2v) is 14.9. The molecule has 6 aromatic carbocycles. The summed E-state index contributed by atoms with van der Waals surface area (Å²) < 4.78 is 3.84. The van der Waals surface area contributed by atoms with E-state index >= 15 is 0 Å². The number of aromatic nitrogens is 1. The molecule has 2 aliphatic carbocycles. The molecule has 0 saturated carbocycles. The lowest BCUT2D eigenvalue weighted by Gasteiger charge is -2.33. The maximum Gasteiger partial charge on any atom is 0.0862 e. The van der Waals surface area contributed by atoms with Crippen molar-refractivity contribution in [2.45, 2.75) is 31.3 Å². The summed E-state index contributed by atoms with van der Waals surface area (Å²) in [6.07, 6.45) is 6.29. The van der Waals surface area contributed by atoms with Gasteiger partial charge in [0.05, 0.1) is 22.6 Å². The number of hydrogen-bond acceptors (Lipinski definition) is 2. The highest BCUT2D eigenvalue weighted by molar-refractivity contribution is 7.19. The smallest absolute Gasteiger partial charge is 0.0862 e. The Morgan fingerprint density at radius 2 is 1.41 bits per heavy atom. The van der Waals surface area contributed by atoms with E-state index in [0.29, 0.717) is 5.92 Å². The molecule has 2 atom stereocenters. The Morgan fingerprint density at radius 3 is 2.20 bits per heavy atom. The highest BCUT2D eigenvalue weighted by atomic mass is 32.1. The Labute approximate surface area is 290 Å². The summed E-state index contributed by atoms with van der Waals surface area (Å²) >= 11 is 1.97. The zero-order valence-corrected chi connectivity index (χ0v) is 28.3. The predicted octanol–water partition coefficient (Wildman–Crippen LogP) is 11.3. The summed E-state index contributed by atoms with van der Waals surface area (Å²) in [5.74, 6) is 0.577. The van der Waals surface area contributed by atoms with Gasteiger partial charge in [-0.2, -0.15) is 0 Å². The average molecular weight is 649 g/mol. The van der Waals surface area contributed by atoms with Crippen LogP contribution in [-0.2, 0) is 18.3 Å². The molecule has 0 spiro atoms. The van der Waals surface area contributed by atoms with Crippen molar-refractivity contribution in [1.82, 2.24) is 4.57 Å². The molecule has 49 heavy (non-hydrogen) atoms. The zero-order chi connectivity index (χ0) is 32.7. The Balaban J connectivity index is 1.25. The fraction of sp³-hybridized carbons (Fsp3) is 0.130. The van der Waals surface area contributed by atoms with Gasteiger partial charge in [0, 0.05) is 37.7 Å². The third-order valence-electron chi connectivity index (χ3n) is 11.1. The van der Waals surface area contributed by atoms with Crippen molar-refractivity contribution in [2.24, 2.45) is 11.7 Å². The highest BCUT2D eigenvalue weighted by Crippen LogP contribution is 2.58. The average Bonchev–Trinajstić information content (AvgIpc) is 3.79. The molecule has 0 aliphatic heterocycles. The fourth-order valence-electron chi connectivity index (χ4n) is 9.04. The SMILES string of the molecule is CC1C=Cc2c(sc3c(C[C@@H](N)n4c5ccccc5c5ccc6c(c54)-c4ccccc4C6(c4ccccc4)c4ccccc4)cccc23)C1. The molecule has 2 heterocycles. The van der Waals surface area contributed by atoms with Gasteiger partial charge >= 0.3 is 0 Å². The van der Waals surface area contributed by atoms with Crippen LogP contribution in [0.1, 0.15) is 51.3 Å². The molecule has 2 nitrogen and oxygen atoms in total. The normalized spacial score (nSPS) is 16.6. The predicted molar refractivity (Wildman–Crippen MR) is 207 cm³/mol. The van der Waals surface area contributed by atoms with Crippen LogP contribution in [-0.4, -0.2) is 4.57 Å². The summed E-state index contributed by atoms with van der Waals surface area (Å²) in [4.78, 5) is 1.50. The van der Waals surface area contributed by atoms with Crippen molar-refractivity contribution in [3.8, 4) is 11.1 Å². The third kappa shape index (κ3) is 4.04. The van der Waals surface area contributed by atoms with Gasteiger partial charge in [-0.1, -0.05) is 153 Å². The molecule has 2 aromatic heterocycles. The Bertz CT molecular complexity index is 2550. The minimum atomic E-state index is -0.458. The maximum atomic E-state index is 7.50. The first-order valence-corrected chi connectivity index (χ1v) is 18.2. The number of para-hydroxylation sites is 1. The van der Waals surface area contributed by atoms with Crippen molar-refractivity contribution in [1.29, 1.82) is 0 Å². The van der Waals surface area contributed by atoms with Crippen LogP contribution < -0.4 is 5.73 Å². The Kier molecular flexibility index (Phi) is 6.40. The van der Waals surface area contributed by atoms with E-state index in [1.807, 2.05) is 11.3 Å². The standard InChI is InChI=1S/C46H36N2S/c1-29-23-24-34-36-20-12-13-30(45(36)49-41(34)27-29)28-42(47)48-40-22-11-9-18-33(40)35-25-26-39-43(44(35)48)37-19-8-10-21-38(37)46(39,31-14-4-2-5-15-31)32-16-6-3-7-17-32/h2-26,29,42H,27-28,47H2,1H3/t29?,42-/m0/s1. The second-order valence-electron chi connectivity index (χ2n) is 13.8. The number of thiophene rings is 1. The van der Waals surface area contributed by atoms with Gasteiger partial charge in [-0.25, -0.2) is 0 Å². The van der Waals surface area contributed by atoms with E-state index in [0.717, 1.165) is 12.8 Å². The third-order valence-corrected chi connectivity index (χ3v) is 12.4. The van der Waals surface area contributed by atoms with Gasteiger partial charge in [0.2, 0.25) is 0 Å². The van der Waals surface area contributed by atoms with Crippen molar-refractivity contribution < 1.29 is 0 Å². The van der Waals surface area contributed by atoms with E-state index in [1.165, 1.54) is 81.3 Å². The van der Waals surface area contributed by atoms with E-state index in [4.69, 9.17) is 5.73 Å². The molecule has 3 heteroatoms. The number of rotatable bonds is 5. The number of nitrogens with zero attached hydrogens (tertiary/aromatic N) is 1. The van der Waals surface area contributed by atoms with Gasteiger partial charge in [0.1, 0.15) is 0 Å². The second kappa shape index (κ2) is 10.9. The minimum Gasteiger partial charge on any atom is -0.324 e. The molecule has 2 N–H and O–H groups in total. The molecule has 8 aromatic rings. The summed E-state index contributed by atoms with van der Waals surface area (Å²) in [5.41, 5.74) is 19.9. The first kappa shape index (κ1) is 28.8. The van der Waals surface area contributed by atoms with E-state index in [2.05, 4.69) is 163 Å². The first-order valence-electron chi connectivity index (χ1n) is 17.4. The maximum absolute atomic E-state index is 7.50. The van der Waals surface area contributed by atoms with Crippen LogP contribution in [0.5, 0.6) is 0 Å². The van der Waals surface area contributed by atoms with E-state index in [1.54, 1.807) is 0 Å². The largest absolute Gasteiger partial charge is 0.324 e. The van der Waals surface area contributed by atoms with Crippen LogP contribution in [0.4, 0.5) is 0 Å². The zero-order valence-electron chi connectivity index (χ0n) is 27.4. The van der Waals surface area contributed by atoms with Crippen LogP contribution in [0.15, 0.2) is 146 Å². The van der Waals surface area contributed by atoms with Crippen LogP contribution in [0, 0.1) is 5.92 Å². The number of fused-ring (bicyclic) bond motifs is 10. The van der Waals surface area contributed by atoms with Crippen LogP contribution in [0.3, 0.4) is 0 Å². The van der Waals surface area contributed by atoms with Gasteiger partial charge in [-0.05, 0) is 57.3 Å². The summed E-state index contributed by atoms with van der Waals surface area (Å²) in [5, 5.41) is 3.86. The van der Waals surface area contributed by atoms with Gasteiger partial charge in [0.15, 0.2) is 0 Å². The number of benzene rings is 6. The van der Waals surface area contributed by atoms with Crippen molar-refractivity contribution >= 4 is 49.3 Å². The van der Waals surface area contributed by atoms with Crippen molar-refractivity contribution in [3.05, 3.63) is 184 Å². The minimum absolute atomic E-state index is 0.260. The molecule has 236 valence electrons. The van der Waals surface area contributed by atoms with Gasteiger partial charge in [-0.3, -0.25) is 0 Å². The summed E-state index contributed by atoms with van der Waals surface area (Å²) in [7, 11) is 0. The molecule has 0 saturated heterocycles. The van der Waals surface area contributed by atoms with Crippen LogP contribution in [0.2, 0.25) is 0 Å². The number of allylic oxidation sites excluding steroid dienone is 1. The fourth-order valence-corrected chi connectivity index (χ4v) is 10.5. The Hall–Kier alpha value is -5.22. The molecule has 2 aliphatic rings.